The summed E-state index contributed by atoms with van der Waals surface area (Å²) in [6, 6.07) is 5.84. The van der Waals surface area contributed by atoms with E-state index in [9.17, 15) is 19.2 Å². The minimum absolute atomic E-state index is 0.0887. The Balaban J connectivity index is 1.81. The Morgan fingerprint density at radius 1 is 1.22 bits per heavy atom. The summed E-state index contributed by atoms with van der Waals surface area (Å²) < 4.78 is 5.51. The highest BCUT2D eigenvalue weighted by Crippen LogP contribution is 2.29. The second kappa shape index (κ2) is 9.02. The lowest BCUT2D eigenvalue weighted by atomic mass is 10.0. The molecule has 0 fully saturated rings. The van der Waals surface area contributed by atoms with Crippen LogP contribution in [0, 0.1) is 5.92 Å². The summed E-state index contributed by atoms with van der Waals surface area (Å²) in [5, 5.41) is 16.5. The first-order valence-electron chi connectivity index (χ1n) is 8.61. The first kappa shape index (κ1) is 20.2. The number of amides is 3. The molecule has 1 aromatic carbocycles. The topological polar surface area (TPSA) is 134 Å². The van der Waals surface area contributed by atoms with Crippen molar-refractivity contribution in [2.24, 2.45) is 5.92 Å². The van der Waals surface area contributed by atoms with Gasteiger partial charge in [-0.3, -0.25) is 14.4 Å². The number of para-hydroxylation sites is 2. The molecule has 9 heteroatoms. The van der Waals surface area contributed by atoms with Crippen LogP contribution in [0.5, 0.6) is 5.75 Å². The number of carbonyl (C=O) groups is 4. The average Bonchev–Trinajstić information content (AvgIpc) is 2.59. The predicted molar refractivity (Wildman–Crippen MR) is 96.1 cm³/mol. The second-order valence-electron chi connectivity index (χ2n) is 6.66. The van der Waals surface area contributed by atoms with Gasteiger partial charge in [0.2, 0.25) is 11.8 Å². The second-order valence-corrected chi connectivity index (χ2v) is 6.66. The molecule has 2 rings (SSSR count). The number of fused-ring (bicyclic) bond motifs is 1. The molecule has 0 radical (unpaired) electrons. The molecule has 1 aliphatic heterocycles. The molecule has 9 nitrogen and oxygen atoms in total. The summed E-state index contributed by atoms with van der Waals surface area (Å²) in [4.78, 5) is 47.0. The largest absolute Gasteiger partial charge is 0.480 e. The van der Waals surface area contributed by atoms with Crippen LogP contribution in [0.15, 0.2) is 24.3 Å². The molecule has 0 bridgehead atoms. The highest BCUT2D eigenvalue weighted by atomic mass is 16.5. The molecule has 3 amide bonds. The number of carboxylic acids is 1. The zero-order valence-electron chi connectivity index (χ0n) is 15.2. The Kier molecular flexibility index (Phi) is 6.75. The van der Waals surface area contributed by atoms with Crippen LogP contribution in [0.3, 0.4) is 0 Å². The first-order chi connectivity index (χ1) is 12.8. The fourth-order valence-corrected chi connectivity index (χ4v) is 2.58. The van der Waals surface area contributed by atoms with Gasteiger partial charge in [-0.2, -0.15) is 0 Å². The van der Waals surface area contributed by atoms with E-state index in [2.05, 4.69) is 16.0 Å². The highest BCUT2D eigenvalue weighted by Gasteiger charge is 2.29. The molecule has 0 spiro atoms. The van der Waals surface area contributed by atoms with Crippen molar-refractivity contribution in [3.8, 4) is 5.75 Å². The summed E-state index contributed by atoms with van der Waals surface area (Å²) in [5.41, 5.74) is 0.531. The van der Waals surface area contributed by atoms with E-state index in [4.69, 9.17) is 9.84 Å². The number of hydrogen-bond donors (Lipinski definition) is 4. The van der Waals surface area contributed by atoms with Crippen LogP contribution >= 0.6 is 0 Å². The van der Waals surface area contributed by atoms with E-state index in [1.807, 2.05) is 13.8 Å². The number of nitrogens with one attached hydrogen (secondary N) is 3. The van der Waals surface area contributed by atoms with Crippen LogP contribution in [0.2, 0.25) is 0 Å². The smallest absolute Gasteiger partial charge is 0.326 e. The van der Waals surface area contributed by atoms with Crippen LogP contribution in [-0.2, 0) is 19.2 Å². The fraction of sp³-hybridized carbons (Fsp3) is 0.444. The minimum Gasteiger partial charge on any atom is -0.480 e. The van der Waals surface area contributed by atoms with E-state index in [0.717, 1.165) is 0 Å². The van der Waals surface area contributed by atoms with Gasteiger partial charge >= 0.3 is 5.97 Å². The third-order valence-corrected chi connectivity index (χ3v) is 3.86. The van der Waals surface area contributed by atoms with Crippen molar-refractivity contribution in [3.05, 3.63) is 24.3 Å². The number of ether oxygens (including phenoxy) is 1. The number of anilines is 1. The van der Waals surface area contributed by atoms with Gasteiger partial charge in [0.15, 0.2) is 6.10 Å². The van der Waals surface area contributed by atoms with Crippen molar-refractivity contribution in [2.75, 3.05) is 11.9 Å². The molecular weight excluding hydrogens is 354 g/mol. The molecule has 4 N–H and O–H groups in total. The maximum atomic E-state index is 12.0. The van der Waals surface area contributed by atoms with Crippen molar-refractivity contribution >= 4 is 29.4 Å². The van der Waals surface area contributed by atoms with Gasteiger partial charge in [-0.25, -0.2) is 4.79 Å². The quantitative estimate of drug-likeness (QED) is 0.521. The minimum atomic E-state index is -1.13. The van der Waals surface area contributed by atoms with E-state index in [0.29, 0.717) is 11.4 Å². The van der Waals surface area contributed by atoms with E-state index in [-0.39, 0.29) is 25.3 Å². The average molecular weight is 377 g/mol. The van der Waals surface area contributed by atoms with Crippen molar-refractivity contribution < 1.29 is 29.0 Å². The van der Waals surface area contributed by atoms with E-state index >= 15 is 0 Å². The molecule has 1 aromatic rings. The van der Waals surface area contributed by atoms with Crippen LogP contribution in [0.25, 0.3) is 0 Å². The molecule has 0 aromatic heterocycles. The number of benzene rings is 1. The molecule has 1 aliphatic rings. The van der Waals surface area contributed by atoms with Crippen LogP contribution in [0.1, 0.15) is 26.7 Å². The van der Waals surface area contributed by atoms with Gasteiger partial charge < -0.3 is 25.8 Å². The van der Waals surface area contributed by atoms with Crippen LogP contribution < -0.4 is 20.7 Å². The van der Waals surface area contributed by atoms with Gasteiger partial charge in [0, 0.05) is 0 Å². The SMILES string of the molecule is CC(C)C[C@H](NC(=O)CNC(=O)CC1Oc2ccccc2NC1=O)C(=O)O. The standard InChI is InChI=1S/C18H23N3O6/c1-10(2)7-12(18(25)26)20-16(23)9-19-15(22)8-14-17(24)21-11-5-3-4-6-13(11)27-14/h3-6,10,12,14H,7-9H2,1-2H3,(H,19,22)(H,20,23)(H,21,24)(H,25,26)/t12-,14?/m0/s1. The first-order valence-corrected chi connectivity index (χ1v) is 8.61. The van der Waals surface area contributed by atoms with Crippen molar-refractivity contribution in [3.63, 3.8) is 0 Å². The third-order valence-electron chi connectivity index (χ3n) is 3.86. The fourth-order valence-electron chi connectivity index (χ4n) is 2.58. The Morgan fingerprint density at radius 2 is 1.93 bits per heavy atom. The number of hydrogen-bond acceptors (Lipinski definition) is 5. The van der Waals surface area contributed by atoms with E-state index in [1.54, 1.807) is 24.3 Å². The summed E-state index contributed by atoms with van der Waals surface area (Å²) in [7, 11) is 0. The number of carboxylic acid groups (broad SMARTS) is 1. The Labute approximate surface area is 156 Å². The summed E-state index contributed by atoms with van der Waals surface area (Å²) >= 11 is 0. The number of aliphatic carboxylic acids is 1. The molecular formula is C18H23N3O6. The lowest BCUT2D eigenvalue weighted by molar-refractivity contribution is -0.142. The monoisotopic (exact) mass is 377 g/mol. The maximum Gasteiger partial charge on any atom is 0.326 e. The lowest BCUT2D eigenvalue weighted by Gasteiger charge is -2.25. The van der Waals surface area contributed by atoms with Gasteiger partial charge in [0.25, 0.3) is 5.91 Å². The zero-order valence-corrected chi connectivity index (χ0v) is 15.2. The third kappa shape index (κ3) is 5.98. The normalized spacial score (nSPS) is 16.6. The van der Waals surface area contributed by atoms with Gasteiger partial charge in [-0.1, -0.05) is 26.0 Å². The van der Waals surface area contributed by atoms with Crippen LogP contribution in [0.4, 0.5) is 5.69 Å². The summed E-state index contributed by atoms with van der Waals surface area (Å²) in [6.45, 7) is 3.31. The molecule has 0 saturated heterocycles. The van der Waals surface area contributed by atoms with Gasteiger partial charge in [-0.15, -0.1) is 0 Å². The number of rotatable bonds is 8. The molecule has 0 saturated carbocycles. The summed E-state index contributed by atoms with van der Waals surface area (Å²) in [6.07, 6.45) is -0.984. The van der Waals surface area contributed by atoms with Gasteiger partial charge in [-0.05, 0) is 24.5 Å². The molecule has 1 unspecified atom stereocenters. The highest BCUT2D eigenvalue weighted by molar-refractivity contribution is 6.00. The summed E-state index contributed by atoms with van der Waals surface area (Å²) in [5.74, 6) is -2.20. The maximum absolute atomic E-state index is 12.0. The van der Waals surface area contributed by atoms with Crippen LogP contribution in [-0.4, -0.2) is 47.5 Å². The van der Waals surface area contributed by atoms with Crippen molar-refractivity contribution in [1.29, 1.82) is 0 Å². The predicted octanol–water partition coefficient (Wildman–Crippen LogP) is 0.508. The van der Waals surface area contributed by atoms with Gasteiger partial charge in [0.05, 0.1) is 18.7 Å². The Hall–Kier alpha value is -3.10. The molecule has 27 heavy (non-hydrogen) atoms. The zero-order chi connectivity index (χ0) is 20.0. The Bertz CT molecular complexity index is 734. The molecule has 0 aliphatic carbocycles. The van der Waals surface area contributed by atoms with Gasteiger partial charge in [0.1, 0.15) is 11.8 Å². The molecule has 146 valence electrons. The number of carbonyl (C=O) groups excluding carboxylic acids is 3. The lowest BCUT2D eigenvalue weighted by Crippen LogP contribution is -2.47. The van der Waals surface area contributed by atoms with Crippen molar-refractivity contribution in [2.45, 2.75) is 38.8 Å². The molecule has 2 atom stereocenters. The Morgan fingerprint density at radius 3 is 2.59 bits per heavy atom. The van der Waals surface area contributed by atoms with Crippen molar-refractivity contribution in [1.82, 2.24) is 10.6 Å². The van der Waals surface area contributed by atoms with E-state index < -0.39 is 35.8 Å². The molecule has 1 heterocycles. The van der Waals surface area contributed by atoms with E-state index in [1.165, 1.54) is 0 Å².